The molecule has 90 valence electrons. The molecule has 0 amide bonds. The highest BCUT2D eigenvalue weighted by Crippen LogP contribution is 2.16. The summed E-state index contributed by atoms with van der Waals surface area (Å²) < 4.78 is 5.11. The second-order valence-corrected chi connectivity index (χ2v) is 4.23. The van der Waals surface area contributed by atoms with Gasteiger partial charge in [0.1, 0.15) is 5.60 Å². The van der Waals surface area contributed by atoms with Crippen LogP contribution in [-0.2, 0) is 9.53 Å². The molecule has 0 radical (unpaired) electrons. The Labute approximate surface area is 101 Å². The molecule has 1 aromatic rings. The second-order valence-electron chi connectivity index (χ2n) is 4.23. The summed E-state index contributed by atoms with van der Waals surface area (Å²) in [6, 6.07) is 9.21. The summed E-state index contributed by atoms with van der Waals surface area (Å²) in [5.41, 5.74) is -0.313. The van der Waals surface area contributed by atoms with Crippen molar-refractivity contribution in [3.05, 3.63) is 35.9 Å². The van der Waals surface area contributed by atoms with Crippen molar-refractivity contribution in [2.45, 2.75) is 32.5 Å². The molecule has 1 aromatic carbocycles. The molecule has 0 aliphatic heterocycles. The first-order valence-electron chi connectivity index (χ1n) is 5.36. The molecular weight excluding hydrogens is 216 g/mol. The fourth-order valence-electron chi connectivity index (χ4n) is 1.22. The van der Waals surface area contributed by atoms with Gasteiger partial charge in [0, 0.05) is 12.5 Å². The molecule has 0 heterocycles. The van der Waals surface area contributed by atoms with E-state index in [4.69, 9.17) is 4.74 Å². The SMILES string of the molecule is CC(=O)O[C@@H](C#CC(C)(C)O)c1ccccc1. The van der Waals surface area contributed by atoms with E-state index in [-0.39, 0.29) is 0 Å². The fraction of sp³-hybridized carbons (Fsp3) is 0.357. The number of aliphatic hydroxyl groups is 1. The van der Waals surface area contributed by atoms with E-state index < -0.39 is 17.7 Å². The van der Waals surface area contributed by atoms with Crippen molar-refractivity contribution >= 4 is 5.97 Å². The van der Waals surface area contributed by atoms with Crippen molar-refractivity contribution in [3.8, 4) is 11.8 Å². The van der Waals surface area contributed by atoms with Crippen LogP contribution < -0.4 is 0 Å². The number of ether oxygens (including phenoxy) is 1. The lowest BCUT2D eigenvalue weighted by Crippen LogP contribution is -2.16. The third kappa shape index (κ3) is 5.19. The maximum Gasteiger partial charge on any atom is 0.304 e. The lowest BCUT2D eigenvalue weighted by molar-refractivity contribution is -0.144. The predicted molar refractivity (Wildman–Crippen MR) is 65.0 cm³/mol. The molecule has 0 bridgehead atoms. The van der Waals surface area contributed by atoms with Crippen LogP contribution in [0.15, 0.2) is 30.3 Å². The van der Waals surface area contributed by atoms with Crippen molar-refractivity contribution in [3.63, 3.8) is 0 Å². The Bertz CT molecular complexity index is 432. The van der Waals surface area contributed by atoms with Gasteiger partial charge >= 0.3 is 5.97 Å². The molecule has 0 aliphatic rings. The molecule has 1 rings (SSSR count). The van der Waals surface area contributed by atoms with Gasteiger partial charge in [-0.25, -0.2) is 0 Å². The van der Waals surface area contributed by atoms with Crippen LogP contribution >= 0.6 is 0 Å². The van der Waals surface area contributed by atoms with Gasteiger partial charge in [-0.15, -0.1) is 0 Å². The molecule has 17 heavy (non-hydrogen) atoms. The lowest BCUT2D eigenvalue weighted by Gasteiger charge is -2.13. The maximum absolute atomic E-state index is 11.0. The number of carbonyl (C=O) groups is 1. The van der Waals surface area contributed by atoms with Gasteiger partial charge in [0.05, 0.1) is 0 Å². The van der Waals surface area contributed by atoms with E-state index in [1.165, 1.54) is 6.92 Å². The van der Waals surface area contributed by atoms with Crippen molar-refractivity contribution in [1.29, 1.82) is 0 Å². The van der Waals surface area contributed by atoms with Crippen LogP contribution in [0.2, 0.25) is 0 Å². The van der Waals surface area contributed by atoms with Crippen molar-refractivity contribution in [2.24, 2.45) is 0 Å². The summed E-state index contributed by atoms with van der Waals surface area (Å²) >= 11 is 0. The van der Waals surface area contributed by atoms with Crippen LogP contribution in [-0.4, -0.2) is 16.7 Å². The minimum Gasteiger partial charge on any atom is -0.444 e. The molecule has 0 saturated carbocycles. The molecule has 3 heteroatoms. The van der Waals surface area contributed by atoms with Crippen LogP contribution in [0.25, 0.3) is 0 Å². The highest BCUT2D eigenvalue weighted by Gasteiger charge is 2.13. The minimum atomic E-state index is -1.10. The van der Waals surface area contributed by atoms with Crippen molar-refractivity contribution in [2.75, 3.05) is 0 Å². The average molecular weight is 232 g/mol. The van der Waals surface area contributed by atoms with E-state index in [1.807, 2.05) is 30.3 Å². The summed E-state index contributed by atoms with van der Waals surface area (Å²) in [7, 11) is 0. The molecular formula is C14H16O3. The Morgan fingerprint density at radius 2 is 1.94 bits per heavy atom. The first-order valence-corrected chi connectivity index (χ1v) is 5.36. The van der Waals surface area contributed by atoms with Gasteiger partial charge in [0.15, 0.2) is 6.10 Å². The number of benzene rings is 1. The van der Waals surface area contributed by atoms with Gasteiger partial charge < -0.3 is 9.84 Å². The Morgan fingerprint density at radius 3 is 2.41 bits per heavy atom. The van der Waals surface area contributed by atoms with Gasteiger partial charge in [0.25, 0.3) is 0 Å². The number of hydrogen-bond acceptors (Lipinski definition) is 3. The van der Waals surface area contributed by atoms with Crippen LogP contribution in [0.3, 0.4) is 0 Å². The first kappa shape index (κ1) is 13.3. The zero-order valence-electron chi connectivity index (χ0n) is 10.2. The van der Waals surface area contributed by atoms with Crippen LogP contribution in [0.1, 0.15) is 32.4 Å². The highest BCUT2D eigenvalue weighted by molar-refractivity contribution is 5.66. The number of carbonyl (C=O) groups excluding carboxylic acids is 1. The fourth-order valence-corrected chi connectivity index (χ4v) is 1.22. The number of esters is 1. The smallest absolute Gasteiger partial charge is 0.304 e. The third-order valence-corrected chi connectivity index (χ3v) is 1.90. The highest BCUT2D eigenvalue weighted by atomic mass is 16.5. The average Bonchev–Trinajstić information content (AvgIpc) is 2.24. The lowest BCUT2D eigenvalue weighted by atomic mass is 10.1. The summed E-state index contributed by atoms with van der Waals surface area (Å²) in [5, 5.41) is 9.53. The van der Waals surface area contributed by atoms with E-state index in [0.29, 0.717) is 0 Å². The molecule has 1 atom stereocenters. The molecule has 0 saturated heterocycles. The monoisotopic (exact) mass is 232 g/mol. The first-order chi connectivity index (χ1) is 7.88. The predicted octanol–water partition coefficient (Wildman–Crippen LogP) is 2.07. The van der Waals surface area contributed by atoms with Gasteiger partial charge in [-0.05, 0) is 13.8 Å². The normalized spacial score (nSPS) is 12.2. The number of hydrogen-bond donors (Lipinski definition) is 1. The molecule has 0 fully saturated rings. The van der Waals surface area contributed by atoms with E-state index in [9.17, 15) is 9.90 Å². The minimum absolute atomic E-state index is 0.399. The van der Waals surface area contributed by atoms with E-state index >= 15 is 0 Å². The standard InChI is InChI=1S/C14H16O3/c1-11(15)17-13(9-10-14(2,3)16)12-7-5-4-6-8-12/h4-8,13,16H,1-3H3/t13-/m0/s1. The topological polar surface area (TPSA) is 46.5 Å². The molecule has 0 spiro atoms. The summed E-state index contributed by atoms with van der Waals surface area (Å²) in [5.74, 6) is 5.02. The molecule has 3 nitrogen and oxygen atoms in total. The molecule has 0 aromatic heterocycles. The van der Waals surface area contributed by atoms with E-state index in [1.54, 1.807) is 13.8 Å². The Morgan fingerprint density at radius 1 is 1.35 bits per heavy atom. The van der Waals surface area contributed by atoms with Gasteiger partial charge in [-0.1, -0.05) is 42.2 Å². The van der Waals surface area contributed by atoms with Crippen LogP contribution in [0, 0.1) is 11.8 Å². The van der Waals surface area contributed by atoms with Crippen molar-refractivity contribution in [1.82, 2.24) is 0 Å². The van der Waals surface area contributed by atoms with Gasteiger partial charge in [0.2, 0.25) is 0 Å². The van der Waals surface area contributed by atoms with Crippen LogP contribution in [0.5, 0.6) is 0 Å². The maximum atomic E-state index is 11.0. The molecule has 0 aliphatic carbocycles. The quantitative estimate of drug-likeness (QED) is 0.627. The van der Waals surface area contributed by atoms with E-state index in [2.05, 4.69) is 11.8 Å². The molecule has 0 unspecified atom stereocenters. The Balaban J connectivity index is 2.96. The zero-order valence-corrected chi connectivity index (χ0v) is 10.2. The number of rotatable bonds is 2. The largest absolute Gasteiger partial charge is 0.444 e. The van der Waals surface area contributed by atoms with Gasteiger partial charge in [-0.2, -0.15) is 0 Å². The summed E-state index contributed by atoms with van der Waals surface area (Å²) in [4.78, 5) is 11.0. The zero-order chi connectivity index (χ0) is 12.9. The molecule has 1 N–H and O–H groups in total. The van der Waals surface area contributed by atoms with E-state index in [0.717, 1.165) is 5.56 Å². The second kappa shape index (κ2) is 5.51. The summed E-state index contributed by atoms with van der Waals surface area (Å²) in [6.45, 7) is 4.49. The third-order valence-electron chi connectivity index (χ3n) is 1.90. The van der Waals surface area contributed by atoms with Gasteiger partial charge in [-0.3, -0.25) is 4.79 Å². The summed E-state index contributed by atoms with van der Waals surface area (Å²) in [6.07, 6.45) is -0.639. The Hall–Kier alpha value is -1.79. The van der Waals surface area contributed by atoms with Crippen molar-refractivity contribution < 1.29 is 14.6 Å². The van der Waals surface area contributed by atoms with Crippen LogP contribution in [0.4, 0.5) is 0 Å². The Kier molecular flexibility index (Phi) is 4.30.